The van der Waals surface area contributed by atoms with Crippen molar-refractivity contribution in [2.75, 3.05) is 0 Å². The van der Waals surface area contributed by atoms with Gasteiger partial charge in [-0.15, -0.1) is 0 Å². The Balaban J connectivity index is 0.000000156. The number of aromatic nitrogens is 6. The first-order valence-electron chi connectivity index (χ1n) is 12.0. The molecule has 2 aliphatic rings. The van der Waals surface area contributed by atoms with E-state index in [1.165, 1.54) is 35.9 Å². The van der Waals surface area contributed by atoms with Gasteiger partial charge in [-0.25, -0.2) is 14.7 Å². The Labute approximate surface area is 238 Å². The number of nitrogens with zero attached hydrogens (tertiary/aromatic N) is 7. The fraction of sp³-hybridized carbons (Fsp3) is 0.308. The van der Waals surface area contributed by atoms with Crippen LogP contribution in [0.2, 0.25) is 0 Å². The summed E-state index contributed by atoms with van der Waals surface area (Å²) in [5, 5.41) is 11.0. The third-order valence-electron chi connectivity index (χ3n) is 5.88. The Morgan fingerprint density at radius 3 is 1.85 bits per heavy atom. The molecule has 0 saturated heterocycles. The molecule has 2 fully saturated rings. The predicted octanol–water partition coefficient (Wildman–Crippen LogP) is 8.42. The van der Waals surface area contributed by atoms with E-state index in [2.05, 4.69) is 50.9 Å². The highest BCUT2D eigenvalue weighted by molar-refractivity contribution is 9.10. The van der Waals surface area contributed by atoms with Crippen LogP contribution in [0.1, 0.15) is 60.3 Å². The van der Waals surface area contributed by atoms with E-state index in [0.717, 1.165) is 48.8 Å². The fourth-order valence-corrected chi connectivity index (χ4v) is 3.76. The zero-order valence-corrected chi connectivity index (χ0v) is 22.5. The van der Waals surface area contributed by atoms with Crippen molar-refractivity contribution >= 4 is 27.3 Å². The average Bonchev–Trinajstić information content (AvgIpc) is 3.87. The number of hydrogen-bond donors (Lipinski definition) is 1. The summed E-state index contributed by atoms with van der Waals surface area (Å²) in [6.45, 7) is 13.9. The van der Waals surface area contributed by atoms with Crippen molar-refractivity contribution in [1.82, 2.24) is 29.9 Å². The minimum atomic E-state index is -4.45. The standard InChI is InChI=1S/C13H9F3N4.C7H7N3.C6H3BrF3N/c1-17-10-7-20(19-12(10)8-2-3-8)9-4-5-11(18-6-9)13(14,15)16;1-8-6-4-9-10-7(6)5-2-3-5;7-4-1-2-5(11-3-4)6(8,9)10/h4-8H,2-3H2;4-5H,2-3H2,(H,9,10);1-3H. The first kappa shape index (κ1) is 29.7. The van der Waals surface area contributed by atoms with Gasteiger partial charge in [-0.1, -0.05) is 0 Å². The fourth-order valence-electron chi connectivity index (χ4n) is 3.53. The molecule has 0 radical (unpaired) electrons. The second-order valence-electron chi connectivity index (χ2n) is 9.04. The van der Waals surface area contributed by atoms with Crippen LogP contribution in [0.25, 0.3) is 15.4 Å². The van der Waals surface area contributed by atoms with E-state index in [1.807, 2.05) is 0 Å². The SMILES string of the molecule is FC(F)(F)c1ccc(Br)cn1.[C-]#[N+]c1cn(-c2ccc(C(F)(F)F)nc2)nc1C1CC1.[C-]#[N+]c1cn[nH]c1C1CC1. The van der Waals surface area contributed by atoms with Crippen LogP contribution in [-0.2, 0) is 12.4 Å². The first-order valence-corrected chi connectivity index (χ1v) is 12.8. The molecular formula is C26H19BrF6N8. The second-order valence-corrected chi connectivity index (χ2v) is 9.96. The van der Waals surface area contributed by atoms with Gasteiger partial charge in [-0.3, -0.25) is 14.8 Å². The molecular weight excluding hydrogens is 618 g/mol. The summed E-state index contributed by atoms with van der Waals surface area (Å²) in [5.74, 6) is 0.911. The maximum absolute atomic E-state index is 12.4. The largest absolute Gasteiger partial charge is 0.433 e. The van der Waals surface area contributed by atoms with Crippen molar-refractivity contribution in [1.29, 1.82) is 0 Å². The molecule has 15 heteroatoms. The number of aromatic amines is 1. The molecule has 0 amide bonds. The molecule has 0 aromatic carbocycles. The van der Waals surface area contributed by atoms with Crippen molar-refractivity contribution in [3.05, 3.63) is 99.1 Å². The number of nitrogens with one attached hydrogen (secondary N) is 1. The summed E-state index contributed by atoms with van der Waals surface area (Å²) < 4.78 is 74.8. The molecule has 2 saturated carbocycles. The zero-order chi connectivity index (χ0) is 29.8. The lowest BCUT2D eigenvalue weighted by Crippen LogP contribution is -2.08. The van der Waals surface area contributed by atoms with Gasteiger partial charge in [0.15, 0.2) is 0 Å². The molecule has 0 spiro atoms. The van der Waals surface area contributed by atoms with E-state index in [9.17, 15) is 26.3 Å². The number of hydrogen-bond acceptors (Lipinski definition) is 4. The maximum Gasteiger partial charge on any atom is 0.433 e. The molecule has 0 bridgehead atoms. The molecule has 6 rings (SSSR count). The maximum atomic E-state index is 12.4. The van der Waals surface area contributed by atoms with Crippen LogP contribution in [0, 0.1) is 13.1 Å². The van der Waals surface area contributed by atoms with Gasteiger partial charge in [0, 0.05) is 22.6 Å². The molecule has 0 atom stereocenters. The quantitative estimate of drug-likeness (QED) is 0.181. The topological polar surface area (TPSA) is 81.0 Å². The summed E-state index contributed by atoms with van der Waals surface area (Å²) in [7, 11) is 0. The third-order valence-corrected chi connectivity index (χ3v) is 6.35. The van der Waals surface area contributed by atoms with Gasteiger partial charge in [0.2, 0.25) is 11.4 Å². The van der Waals surface area contributed by atoms with Gasteiger partial charge in [-0.2, -0.15) is 36.5 Å². The van der Waals surface area contributed by atoms with Crippen molar-refractivity contribution in [3.8, 4) is 5.69 Å². The Morgan fingerprint density at radius 1 is 0.805 bits per heavy atom. The van der Waals surface area contributed by atoms with Gasteiger partial charge in [0.1, 0.15) is 11.4 Å². The highest BCUT2D eigenvalue weighted by Crippen LogP contribution is 2.44. The predicted molar refractivity (Wildman–Crippen MR) is 138 cm³/mol. The Hall–Kier alpha value is -4.24. The normalized spacial score (nSPS) is 14.6. The van der Waals surface area contributed by atoms with Crippen LogP contribution in [0.15, 0.2) is 53.5 Å². The van der Waals surface area contributed by atoms with E-state index in [1.54, 1.807) is 6.20 Å². The summed E-state index contributed by atoms with van der Waals surface area (Å²) in [6.07, 6.45) is 0.990. The molecule has 0 aliphatic heterocycles. The number of H-pyrrole nitrogens is 1. The lowest BCUT2D eigenvalue weighted by atomic mass is 10.3. The zero-order valence-electron chi connectivity index (χ0n) is 20.9. The van der Waals surface area contributed by atoms with Crippen LogP contribution in [-0.4, -0.2) is 29.9 Å². The summed E-state index contributed by atoms with van der Waals surface area (Å²) in [5.41, 5.74) is 1.50. The smallest absolute Gasteiger partial charge is 0.294 e. The van der Waals surface area contributed by atoms with Gasteiger partial charge in [0.25, 0.3) is 0 Å². The van der Waals surface area contributed by atoms with E-state index < -0.39 is 23.7 Å². The minimum absolute atomic E-state index is 0.308. The van der Waals surface area contributed by atoms with Gasteiger partial charge in [-0.05, 0) is 77.7 Å². The first-order chi connectivity index (χ1) is 19.4. The van der Waals surface area contributed by atoms with Gasteiger partial charge < -0.3 is 0 Å². The molecule has 0 unspecified atom stereocenters. The molecule has 212 valence electrons. The summed E-state index contributed by atoms with van der Waals surface area (Å²) in [4.78, 5) is 13.3. The summed E-state index contributed by atoms with van der Waals surface area (Å²) in [6, 6.07) is 4.43. The number of halogens is 7. The van der Waals surface area contributed by atoms with E-state index in [4.69, 9.17) is 13.1 Å². The lowest BCUT2D eigenvalue weighted by Gasteiger charge is -2.06. The van der Waals surface area contributed by atoms with Crippen molar-refractivity contribution in [3.63, 3.8) is 0 Å². The molecule has 8 nitrogen and oxygen atoms in total. The third kappa shape index (κ3) is 7.91. The molecule has 4 aromatic rings. The monoisotopic (exact) mass is 636 g/mol. The molecule has 4 heterocycles. The Kier molecular flexibility index (Phi) is 8.77. The highest BCUT2D eigenvalue weighted by Gasteiger charge is 2.33. The van der Waals surface area contributed by atoms with E-state index in [0.29, 0.717) is 33.4 Å². The van der Waals surface area contributed by atoms with Crippen LogP contribution < -0.4 is 0 Å². The van der Waals surface area contributed by atoms with Crippen molar-refractivity contribution in [2.24, 2.45) is 0 Å². The number of pyridine rings is 2. The second kappa shape index (κ2) is 12.1. The van der Waals surface area contributed by atoms with Crippen LogP contribution >= 0.6 is 15.9 Å². The molecule has 4 aromatic heterocycles. The molecule has 41 heavy (non-hydrogen) atoms. The van der Waals surface area contributed by atoms with Crippen molar-refractivity contribution in [2.45, 2.75) is 49.9 Å². The van der Waals surface area contributed by atoms with Crippen LogP contribution in [0.5, 0.6) is 0 Å². The Bertz CT molecular complexity index is 1550. The minimum Gasteiger partial charge on any atom is -0.294 e. The van der Waals surface area contributed by atoms with Crippen LogP contribution in [0.3, 0.4) is 0 Å². The van der Waals surface area contributed by atoms with Gasteiger partial charge in [0.05, 0.1) is 36.9 Å². The van der Waals surface area contributed by atoms with E-state index in [-0.39, 0.29) is 0 Å². The summed E-state index contributed by atoms with van der Waals surface area (Å²) >= 11 is 2.98. The molecule has 1 N–H and O–H groups in total. The molecule has 2 aliphatic carbocycles. The van der Waals surface area contributed by atoms with Gasteiger partial charge >= 0.3 is 12.4 Å². The van der Waals surface area contributed by atoms with E-state index >= 15 is 0 Å². The Morgan fingerprint density at radius 2 is 1.39 bits per heavy atom. The van der Waals surface area contributed by atoms with Crippen molar-refractivity contribution < 1.29 is 26.3 Å². The number of alkyl halides is 6. The van der Waals surface area contributed by atoms with Crippen LogP contribution in [0.4, 0.5) is 37.7 Å². The highest BCUT2D eigenvalue weighted by atomic mass is 79.9. The average molecular weight is 637 g/mol. The number of rotatable bonds is 3. The lowest BCUT2D eigenvalue weighted by molar-refractivity contribution is -0.142.